The third kappa shape index (κ3) is 5.68. The summed E-state index contributed by atoms with van der Waals surface area (Å²) < 4.78 is 6.13. The number of nitrogens with zero attached hydrogens (tertiary/aromatic N) is 3. The van der Waals surface area contributed by atoms with E-state index >= 15 is 0 Å². The Morgan fingerprint density at radius 1 is 1.02 bits per heavy atom. The molecule has 0 bridgehead atoms. The summed E-state index contributed by atoms with van der Waals surface area (Å²) in [6, 6.07) is 16.6. The number of pyridine rings is 1. The third-order valence-electron chi connectivity index (χ3n) is 8.05. The van der Waals surface area contributed by atoms with Crippen LogP contribution >= 0.6 is 0 Å². The van der Waals surface area contributed by atoms with Crippen LogP contribution in [0.1, 0.15) is 49.4 Å². The van der Waals surface area contributed by atoms with E-state index in [4.69, 9.17) is 4.74 Å². The van der Waals surface area contributed by atoms with Gasteiger partial charge in [-0.3, -0.25) is 20.0 Å². The minimum Gasteiger partial charge on any atom is -0.489 e. The van der Waals surface area contributed by atoms with Gasteiger partial charge in [-0.2, -0.15) is 0 Å². The Balaban J connectivity index is 1.33. The van der Waals surface area contributed by atoms with Gasteiger partial charge in [0.15, 0.2) is 11.8 Å². The smallest absolute Gasteiger partial charge is 0.323 e. The lowest BCUT2D eigenvalue weighted by Crippen LogP contribution is -2.74. The molecule has 40 heavy (non-hydrogen) atoms. The molecule has 2 unspecified atom stereocenters. The summed E-state index contributed by atoms with van der Waals surface area (Å²) in [4.78, 5) is 34.5. The maximum absolute atomic E-state index is 13.5. The normalized spacial score (nSPS) is 22.2. The number of imide groups is 1. The summed E-state index contributed by atoms with van der Waals surface area (Å²) in [6.07, 6.45) is 3.45. The molecule has 2 atom stereocenters. The number of amides is 3. The highest BCUT2D eigenvalue weighted by Gasteiger charge is 2.55. The minimum atomic E-state index is -1.43. The lowest BCUT2D eigenvalue weighted by Gasteiger charge is -2.50. The summed E-state index contributed by atoms with van der Waals surface area (Å²) in [7, 11) is 0. The van der Waals surface area contributed by atoms with Gasteiger partial charge >= 0.3 is 6.03 Å². The van der Waals surface area contributed by atoms with Crippen LogP contribution in [0.25, 0.3) is 10.9 Å². The van der Waals surface area contributed by atoms with Gasteiger partial charge in [0.1, 0.15) is 12.4 Å². The maximum Gasteiger partial charge on any atom is 0.323 e. The highest BCUT2D eigenvalue weighted by atomic mass is 16.5. The van der Waals surface area contributed by atoms with Crippen LogP contribution in [0.5, 0.6) is 5.75 Å². The lowest BCUT2D eigenvalue weighted by molar-refractivity contribution is -0.150. The van der Waals surface area contributed by atoms with E-state index in [2.05, 4.69) is 27.4 Å². The second kappa shape index (κ2) is 12.3. The molecule has 2 fully saturated rings. The number of nitrogens with one attached hydrogen (secondary N) is 2. The molecule has 2 aliphatic rings. The number of rotatable bonds is 10. The lowest BCUT2D eigenvalue weighted by atomic mass is 9.83. The molecule has 2 aromatic carbocycles. The topological polar surface area (TPSA) is 107 Å². The number of urea groups is 1. The number of ether oxygens (including phenoxy) is 1. The van der Waals surface area contributed by atoms with Crippen molar-refractivity contribution in [1.82, 2.24) is 25.4 Å². The number of unbranched alkanes of at least 4 members (excludes halogenated alkanes) is 3. The van der Waals surface area contributed by atoms with Crippen molar-refractivity contribution in [3.8, 4) is 5.75 Å². The molecule has 2 saturated heterocycles. The standard InChI is InChI=1S/C31H39N5O4/c1-3-4-5-8-15-35-16-18-36(19-17-35)31(28(37)33-30(39)34-29(31)38)24-11-13-25(14-12-24)40-21-23-20-22(2)32-27-10-7-6-9-26(23)27/h6-7,9-14,20,28,37H,3-5,8,15-19,21H2,1-2H3,(H2,33,34,38,39). The van der Waals surface area contributed by atoms with E-state index in [-0.39, 0.29) is 0 Å². The molecular formula is C31H39N5O4. The molecule has 0 aliphatic carbocycles. The van der Waals surface area contributed by atoms with Gasteiger partial charge < -0.3 is 20.1 Å². The summed E-state index contributed by atoms with van der Waals surface area (Å²) >= 11 is 0. The van der Waals surface area contributed by atoms with E-state index in [0.29, 0.717) is 31.0 Å². The number of benzene rings is 2. The van der Waals surface area contributed by atoms with Crippen LogP contribution in [0.4, 0.5) is 4.79 Å². The maximum atomic E-state index is 13.5. The van der Waals surface area contributed by atoms with Crippen molar-refractivity contribution < 1.29 is 19.4 Å². The van der Waals surface area contributed by atoms with Crippen LogP contribution < -0.4 is 15.4 Å². The molecule has 3 aromatic rings. The molecule has 5 rings (SSSR count). The largest absolute Gasteiger partial charge is 0.489 e. The number of hydrogen-bond donors (Lipinski definition) is 3. The molecular weight excluding hydrogens is 506 g/mol. The number of aryl methyl sites for hydroxylation is 1. The Labute approximate surface area is 235 Å². The van der Waals surface area contributed by atoms with Gasteiger partial charge in [0.25, 0.3) is 5.91 Å². The molecule has 3 N–H and O–H groups in total. The predicted molar refractivity (Wildman–Crippen MR) is 154 cm³/mol. The van der Waals surface area contributed by atoms with E-state index in [0.717, 1.165) is 48.2 Å². The van der Waals surface area contributed by atoms with Crippen LogP contribution in [0, 0.1) is 6.92 Å². The van der Waals surface area contributed by atoms with Crippen molar-refractivity contribution in [3.63, 3.8) is 0 Å². The molecule has 9 heteroatoms. The summed E-state index contributed by atoms with van der Waals surface area (Å²) in [6.45, 7) is 8.36. The Hall–Kier alpha value is -3.53. The Kier molecular flexibility index (Phi) is 8.63. The van der Waals surface area contributed by atoms with E-state index in [1.165, 1.54) is 19.3 Å². The monoisotopic (exact) mass is 545 g/mol. The Morgan fingerprint density at radius 3 is 2.50 bits per heavy atom. The number of aromatic nitrogens is 1. The third-order valence-corrected chi connectivity index (χ3v) is 8.05. The zero-order chi connectivity index (χ0) is 28.1. The fourth-order valence-corrected chi connectivity index (χ4v) is 5.94. The predicted octanol–water partition coefficient (Wildman–Crippen LogP) is 3.67. The molecule has 0 spiro atoms. The van der Waals surface area contributed by atoms with Crippen LogP contribution in [0.2, 0.25) is 0 Å². The van der Waals surface area contributed by atoms with Crippen molar-refractivity contribution in [2.75, 3.05) is 32.7 Å². The first-order valence-electron chi connectivity index (χ1n) is 14.3. The van der Waals surface area contributed by atoms with E-state index in [1.807, 2.05) is 66.4 Å². The molecule has 0 saturated carbocycles. The molecule has 212 valence electrons. The van der Waals surface area contributed by atoms with Gasteiger partial charge in [0.05, 0.1) is 5.52 Å². The van der Waals surface area contributed by atoms with Gasteiger partial charge in [0, 0.05) is 42.8 Å². The summed E-state index contributed by atoms with van der Waals surface area (Å²) in [5.41, 5.74) is 2.07. The zero-order valence-corrected chi connectivity index (χ0v) is 23.4. The molecule has 3 heterocycles. The first kappa shape index (κ1) is 28.0. The zero-order valence-electron chi connectivity index (χ0n) is 23.4. The molecule has 2 aliphatic heterocycles. The Bertz CT molecular complexity index is 1340. The van der Waals surface area contributed by atoms with Crippen LogP contribution in [0.15, 0.2) is 54.6 Å². The Morgan fingerprint density at radius 2 is 1.77 bits per heavy atom. The van der Waals surface area contributed by atoms with Gasteiger partial charge in [-0.05, 0) is 49.7 Å². The average molecular weight is 546 g/mol. The fourth-order valence-electron chi connectivity index (χ4n) is 5.94. The number of para-hydroxylation sites is 1. The van der Waals surface area contributed by atoms with Crippen LogP contribution in [-0.2, 0) is 16.9 Å². The fraction of sp³-hybridized carbons (Fsp3) is 0.452. The summed E-state index contributed by atoms with van der Waals surface area (Å²) in [5, 5.41) is 17.2. The van der Waals surface area contributed by atoms with Crippen molar-refractivity contribution in [2.45, 2.75) is 57.9 Å². The quantitative estimate of drug-likeness (QED) is 0.334. The van der Waals surface area contributed by atoms with Crippen molar-refractivity contribution >= 4 is 22.8 Å². The summed E-state index contributed by atoms with van der Waals surface area (Å²) in [5.74, 6) is 0.122. The number of aliphatic hydroxyl groups excluding tert-OH is 1. The number of aliphatic hydroxyl groups is 1. The second-order valence-corrected chi connectivity index (χ2v) is 10.7. The number of fused-ring (bicyclic) bond motifs is 1. The van der Waals surface area contributed by atoms with Crippen molar-refractivity contribution in [3.05, 3.63) is 71.4 Å². The van der Waals surface area contributed by atoms with Crippen molar-refractivity contribution in [1.29, 1.82) is 0 Å². The average Bonchev–Trinajstić information content (AvgIpc) is 2.95. The highest BCUT2D eigenvalue weighted by molar-refractivity contribution is 6.03. The van der Waals surface area contributed by atoms with Gasteiger partial charge in [-0.15, -0.1) is 0 Å². The van der Waals surface area contributed by atoms with E-state index in [1.54, 1.807) is 0 Å². The molecule has 3 amide bonds. The van der Waals surface area contributed by atoms with Crippen molar-refractivity contribution in [2.24, 2.45) is 0 Å². The van der Waals surface area contributed by atoms with Gasteiger partial charge in [0.2, 0.25) is 0 Å². The first-order chi connectivity index (χ1) is 19.4. The van der Waals surface area contributed by atoms with Crippen LogP contribution in [-0.4, -0.2) is 70.8 Å². The van der Waals surface area contributed by atoms with Crippen LogP contribution in [0.3, 0.4) is 0 Å². The van der Waals surface area contributed by atoms with E-state index < -0.39 is 23.7 Å². The first-order valence-corrected chi connectivity index (χ1v) is 14.3. The SMILES string of the molecule is CCCCCCN1CCN(C2(c3ccc(OCc4cc(C)nc5ccccc45)cc3)C(=O)NC(=O)NC2O)CC1. The van der Waals surface area contributed by atoms with Gasteiger partial charge in [-0.25, -0.2) is 4.79 Å². The van der Waals surface area contributed by atoms with E-state index in [9.17, 15) is 14.7 Å². The minimum absolute atomic E-state index is 0.369. The number of carbonyl (C=O) groups is 2. The molecule has 0 radical (unpaired) electrons. The second-order valence-electron chi connectivity index (χ2n) is 10.7. The number of hydrogen-bond acceptors (Lipinski definition) is 7. The number of piperazine rings is 1. The number of carbonyl (C=O) groups excluding carboxylic acids is 2. The molecule has 1 aromatic heterocycles. The van der Waals surface area contributed by atoms with Gasteiger partial charge in [-0.1, -0.05) is 56.5 Å². The molecule has 9 nitrogen and oxygen atoms in total. The highest BCUT2D eigenvalue weighted by Crippen LogP contribution is 2.36.